The first-order chi connectivity index (χ1) is 21.8. The molecular formula is C33H42N6O5S. The van der Waals surface area contributed by atoms with Crippen molar-refractivity contribution >= 4 is 23.0 Å². The molecule has 0 spiro atoms. The summed E-state index contributed by atoms with van der Waals surface area (Å²) >= 11 is 1.67. The van der Waals surface area contributed by atoms with Gasteiger partial charge in [-0.25, -0.2) is 19.8 Å². The van der Waals surface area contributed by atoms with Crippen LogP contribution in [0, 0.1) is 0 Å². The van der Waals surface area contributed by atoms with Gasteiger partial charge in [0.15, 0.2) is 5.84 Å². The van der Waals surface area contributed by atoms with Crippen molar-refractivity contribution in [3.63, 3.8) is 0 Å². The summed E-state index contributed by atoms with van der Waals surface area (Å²) in [6.45, 7) is 8.33. The van der Waals surface area contributed by atoms with Crippen molar-refractivity contribution in [3.05, 3.63) is 74.8 Å². The van der Waals surface area contributed by atoms with Gasteiger partial charge in [-0.2, -0.15) is 10.1 Å². The summed E-state index contributed by atoms with van der Waals surface area (Å²) < 4.78 is 15.2. The lowest BCUT2D eigenvalue weighted by atomic mass is 9.92. The van der Waals surface area contributed by atoms with Crippen LogP contribution < -0.4 is 11.0 Å². The average Bonchev–Trinajstić information content (AvgIpc) is 3.80. The maximum atomic E-state index is 14.4. The van der Waals surface area contributed by atoms with Gasteiger partial charge in [-0.15, -0.1) is 11.3 Å². The summed E-state index contributed by atoms with van der Waals surface area (Å²) in [5, 5.41) is 14.7. The normalized spacial score (nSPS) is 20.5. The second-order valence-electron chi connectivity index (χ2n) is 12.3. The van der Waals surface area contributed by atoms with Gasteiger partial charge in [-0.3, -0.25) is 9.36 Å². The zero-order valence-electron chi connectivity index (χ0n) is 26.4. The van der Waals surface area contributed by atoms with Crippen molar-refractivity contribution in [2.45, 2.75) is 96.8 Å². The average molecular weight is 635 g/mol. The van der Waals surface area contributed by atoms with Crippen LogP contribution in [0.1, 0.15) is 87.5 Å². The van der Waals surface area contributed by atoms with Gasteiger partial charge in [-0.1, -0.05) is 37.6 Å². The third kappa shape index (κ3) is 6.90. The molecule has 0 saturated heterocycles. The summed E-state index contributed by atoms with van der Waals surface area (Å²) in [5.74, 6) is 1.23. The molecule has 6 rings (SSSR count). The number of benzene rings is 1. The number of thiophene rings is 1. The highest BCUT2D eigenvalue weighted by atomic mass is 32.1. The molecule has 1 atom stereocenters. The Bertz CT molecular complexity index is 1710. The number of ether oxygens (including phenoxy) is 2. The minimum Gasteiger partial charge on any atom is -0.388 e. The first kappa shape index (κ1) is 31.6. The second kappa shape index (κ2) is 13.5. The molecule has 3 aromatic heterocycles. The van der Waals surface area contributed by atoms with Gasteiger partial charge in [0, 0.05) is 45.5 Å². The molecule has 1 aliphatic carbocycles. The highest BCUT2D eigenvalue weighted by Gasteiger charge is 2.29. The Labute approximate surface area is 266 Å². The van der Waals surface area contributed by atoms with Gasteiger partial charge >= 0.3 is 0 Å². The number of hydrogen-bond donors (Lipinski definition) is 2. The Balaban J connectivity index is 1.30. The van der Waals surface area contributed by atoms with Crippen molar-refractivity contribution in [2.24, 2.45) is 4.99 Å². The van der Waals surface area contributed by atoms with Crippen LogP contribution in [-0.2, 0) is 27.2 Å². The molecule has 12 heteroatoms. The minimum atomic E-state index is -0.863. The van der Waals surface area contributed by atoms with Crippen LogP contribution in [0.5, 0.6) is 0 Å². The molecule has 11 nitrogen and oxygen atoms in total. The Morgan fingerprint density at radius 3 is 2.60 bits per heavy atom. The lowest BCUT2D eigenvalue weighted by Crippen LogP contribution is -2.36. The number of hydrogen-bond acceptors (Lipinski definition) is 10. The van der Waals surface area contributed by atoms with E-state index in [-0.39, 0.29) is 17.7 Å². The van der Waals surface area contributed by atoms with Crippen molar-refractivity contribution in [1.29, 1.82) is 0 Å². The Kier molecular flexibility index (Phi) is 9.48. The molecule has 0 bridgehead atoms. The molecule has 1 unspecified atom stereocenters. The second-order valence-corrected chi connectivity index (χ2v) is 13.5. The molecule has 1 aromatic carbocycles. The molecule has 0 radical (unpaired) electrons. The van der Waals surface area contributed by atoms with Gasteiger partial charge in [0.05, 0.1) is 24.0 Å². The van der Waals surface area contributed by atoms with E-state index in [1.165, 1.54) is 0 Å². The van der Waals surface area contributed by atoms with Gasteiger partial charge in [0.2, 0.25) is 5.78 Å². The zero-order chi connectivity index (χ0) is 31.6. The maximum absolute atomic E-state index is 14.4. The van der Waals surface area contributed by atoms with Crippen LogP contribution in [0.25, 0.3) is 16.2 Å². The molecule has 2 aliphatic rings. The first-order valence-electron chi connectivity index (χ1n) is 15.8. The number of aliphatic hydroxyl groups is 1. The fraction of sp³-hybridized carbons (Fsp3) is 0.515. The number of aryl methyl sites for hydroxylation is 1. The number of hydroxylamine groups is 1. The summed E-state index contributed by atoms with van der Waals surface area (Å²) in [6, 6.07) is 12.3. The summed E-state index contributed by atoms with van der Waals surface area (Å²) in [7, 11) is 0. The predicted molar refractivity (Wildman–Crippen MR) is 174 cm³/mol. The fourth-order valence-corrected chi connectivity index (χ4v) is 7.23. The van der Waals surface area contributed by atoms with Gasteiger partial charge < -0.3 is 14.6 Å². The van der Waals surface area contributed by atoms with Gasteiger partial charge in [0.1, 0.15) is 6.33 Å². The SMILES string of the molecule is CCCc1c(Cc2ccc(-c3ccccc3C3=NC(OCC)ON3)s2)c(=O)n(C2CCC(OCC(C)(C)O)CC2)c2ncnn12. The summed E-state index contributed by atoms with van der Waals surface area (Å²) in [4.78, 5) is 31.1. The minimum absolute atomic E-state index is 0.00815. The third-order valence-electron chi connectivity index (χ3n) is 8.25. The Morgan fingerprint density at radius 1 is 1.09 bits per heavy atom. The summed E-state index contributed by atoms with van der Waals surface area (Å²) in [6.07, 6.45) is 6.33. The Hall–Kier alpha value is -3.42. The van der Waals surface area contributed by atoms with Crippen LogP contribution in [0.15, 0.2) is 52.5 Å². The van der Waals surface area contributed by atoms with E-state index in [9.17, 15) is 9.90 Å². The number of aliphatic imine (C=N–C) groups is 1. The van der Waals surface area contributed by atoms with Crippen LogP contribution in [0.4, 0.5) is 0 Å². The monoisotopic (exact) mass is 634 g/mol. The van der Waals surface area contributed by atoms with Crippen LogP contribution in [-0.4, -0.2) is 61.4 Å². The van der Waals surface area contributed by atoms with E-state index in [1.807, 2.05) is 34.2 Å². The van der Waals surface area contributed by atoms with E-state index in [2.05, 4.69) is 45.7 Å². The van der Waals surface area contributed by atoms with Crippen molar-refractivity contribution < 1.29 is 19.4 Å². The molecule has 45 heavy (non-hydrogen) atoms. The third-order valence-corrected chi connectivity index (χ3v) is 9.37. The number of amidine groups is 1. The number of nitrogens with zero attached hydrogens (tertiary/aromatic N) is 5. The van der Waals surface area contributed by atoms with Crippen LogP contribution in [0.3, 0.4) is 0 Å². The number of rotatable bonds is 12. The molecule has 4 aromatic rings. The van der Waals surface area contributed by atoms with Crippen molar-refractivity contribution in [3.8, 4) is 10.4 Å². The lowest BCUT2D eigenvalue weighted by molar-refractivity contribution is -0.140. The van der Waals surface area contributed by atoms with Gasteiger partial charge in [-0.05, 0) is 65.0 Å². The molecule has 1 saturated carbocycles. The number of nitrogens with one attached hydrogen (secondary N) is 1. The predicted octanol–water partition coefficient (Wildman–Crippen LogP) is 5.04. The Morgan fingerprint density at radius 2 is 1.87 bits per heavy atom. The first-order valence-corrected chi connectivity index (χ1v) is 16.7. The van der Waals surface area contributed by atoms with Crippen LogP contribution in [0.2, 0.25) is 0 Å². The van der Waals surface area contributed by atoms with Crippen molar-refractivity contribution in [2.75, 3.05) is 13.2 Å². The molecule has 1 fully saturated rings. The van der Waals surface area contributed by atoms with Gasteiger partial charge in [0.25, 0.3) is 12.0 Å². The lowest BCUT2D eigenvalue weighted by Gasteiger charge is -2.31. The molecule has 4 heterocycles. The van der Waals surface area contributed by atoms with Crippen molar-refractivity contribution in [1.82, 2.24) is 24.6 Å². The van der Waals surface area contributed by atoms with E-state index >= 15 is 0 Å². The topological polar surface area (TPSA) is 124 Å². The smallest absolute Gasteiger partial charge is 0.282 e. The number of aromatic nitrogens is 4. The highest BCUT2D eigenvalue weighted by Crippen LogP contribution is 2.34. The standard InChI is InChI=1S/C33H42N6O5S/c1-5-9-27-26(18-23-16-17-28(45-23)24-10-7-8-11-25(24)29-36-32(42-6-2)44-37-29)30(40)38(31-34-20-35-39(27)31)21-12-14-22(15-13-21)43-19-33(3,4)41/h7-8,10-11,16-17,20-22,32,41H,5-6,9,12-15,18-19H2,1-4H3,(H,36,37). The highest BCUT2D eigenvalue weighted by molar-refractivity contribution is 7.15. The molecule has 1 aliphatic heterocycles. The largest absolute Gasteiger partial charge is 0.388 e. The maximum Gasteiger partial charge on any atom is 0.282 e. The molecule has 0 amide bonds. The van der Waals surface area contributed by atoms with E-state index in [4.69, 9.17) is 14.3 Å². The zero-order valence-corrected chi connectivity index (χ0v) is 27.2. The number of fused-ring (bicyclic) bond motifs is 1. The van der Waals surface area contributed by atoms with E-state index in [1.54, 1.807) is 31.5 Å². The molecule has 2 N–H and O–H groups in total. The van der Waals surface area contributed by atoms with E-state index in [0.717, 1.165) is 70.7 Å². The summed E-state index contributed by atoms with van der Waals surface area (Å²) in [5.41, 5.74) is 5.71. The quantitative estimate of drug-likeness (QED) is 0.222. The van der Waals surface area contributed by atoms with E-state index < -0.39 is 12.0 Å². The fourth-order valence-electron chi connectivity index (χ4n) is 6.17. The van der Waals surface area contributed by atoms with Crippen LogP contribution >= 0.6 is 11.3 Å². The van der Waals surface area contributed by atoms with E-state index in [0.29, 0.717) is 31.2 Å². The molecule has 240 valence electrons. The molecular weight excluding hydrogens is 592 g/mol.